The van der Waals surface area contributed by atoms with E-state index >= 15 is 0 Å². The van der Waals surface area contributed by atoms with Crippen LogP contribution in [0.2, 0.25) is 5.02 Å². The molecule has 2 aromatic rings. The lowest BCUT2D eigenvalue weighted by molar-refractivity contribution is 0.103. The molecule has 2 nitrogen and oxygen atoms in total. The topological polar surface area (TPSA) is 43.1 Å². The van der Waals surface area contributed by atoms with Crippen molar-refractivity contribution in [2.75, 3.05) is 5.73 Å². The van der Waals surface area contributed by atoms with Crippen molar-refractivity contribution in [2.45, 2.75) is 6.92 Å². The SMILES string of the molecule is Cc1ccc(C(=O)c2ccc(N)cc2Br)cc1Cl. The van der Waals surface area contributed by atoms with Gasteiger partial charge in [0.1, 0.15) is 0 Å². The molecule has 4 heteroatoms. The summed E-state index contributed by atoms with van der Waals surface area (Å²) in [4.78, 5) is 12.3. The highest BCUT2D eigenvalue weighted by Crippen LogP contribution is 2.24. The van der Waals surface area contributed by atoms with Gasteiger partial charge in [0, 0.05) is 26.3 Å². The molecule has 0 saturated carbocycles. The number of rotatable bonds is 2. The van der Waals surface area contributed by atoms with Crippen molar-refractivity contribution in [3.05, 3.63) is 62.6 Å². The number of halogens is 2. The van der Waals surface area contributed by atoms with Gasteiger partial charge in [-0.25, -0.2) is 0 Å². The number of hydrogen-bond donors (Lipinski definition) is 1. The maximum absolute atomic E-state index is 12.3. The molecule has 0 saturated heterocycles. The first-order chi connectivity index (χ1) is 8.49. The van der Waals surface area contributed by atoms with Crippen molar-refractivity contribution < 1.29 is 4.79 Å². The second-order valence-electron chi connectivity index (χ2n) is 4.03. The highest BCUT2D eigenvalue weighted by atomic mass is 79.9. The molecule has 0 aliphatic rings. The van der Waals surface area contributed by atoms with Crippen LogP contribution in [-0.4, -0.2) is 5.78 Å². The quantitative estimate of drug-likeness (QED) is 0.664. The summed E-state index contributed by atoms with van der Waals surface area (Å²) in [5.74, 6) is -0.0798. The zero-order valence-electron chi connectivity index (χ0n) is 9.71. The third kappa shape index (κ3) is 2.57. The number of nitrogen functional groups attached to an aromatic ring is 1. The molecule has 2 N–H and O–H groups in total. The molecular formula is C14H11BrClNO. The normalized spacial score (nSPS) is 10.4. The van der Waals surface area contributed by atoms with Gasteiger partial charge in [-0.2, -0.15) is 0 Å². The molecule has 0 aliphatic carbocycles. The van der Waals surface area contributed by atoms with E-state index in [-0.39, 0.29) is 5.78 Å². The van der Waals surface area contributed by atoms with E-state index in [1.807, 2.05) is 13.0 Å². The Morgan fingerprint density at radius 1 is 1.22 bits per heavy atom. The molecule has 0 bridgehead atoms. The third-order valence-electron chi connectivity index (χ3n) is 2.67. The summed E-state index contributed by atoms with van der Waals surface area (Å²) < 4.78 is 0.684. The van der Waals surface area contributed by atoms with Crippen LogP contribution in [0.4, 0.5) is 5.69 Å². The largest absolute Gasteiger partial charge is 0.399 e. The van der Waals surface area contributed by atoms with Gasteiger partial charge in [-0.15, -0.1) is 0 Å². The Morgan fingerprint density at radius 3 is 2.56 bits per heavy atom. The Bertz CT molecular complexity index is 625. The second-order valence-corrected chi connectivity index (χ2v) is 5.29. The van der Waals surface area contributed by atoms with Gasteiger partial charge in [0.2, 0.25) is 0 Å². The standard InChI is InChI=1S/C14H11BrClNO/c1-8-2-3-9(6-13(8)16)14(18)11-5-4-10(17)7-12(11)15/h2-7H,17H2,1H3. The van der Waals surface area contributed by atoms with Gasteiger partial charge in [0.05, 0.1) is 0 Å². The lowest BCUT2D eigenvalue weighted by Gasteiger charge is -2.06. The average Bonchev–Trinajstić information content (AvgIpc) is 2.32. The molecular weight excluding hydrogens is 314 g/mol. The van der Waals surface area contributed by atoms with E-state index in [0.29, 0.717) is 26.3 Å². The fourth-order valence-electron chi connectivity index (χ4n) is 1.61. The monoisotopic (exact) mass is 323 g/mol. The highest BCUT2D eigenvalue weighted by Gasteiger charge is 2.13. The number of carbonyl (C=O) groups excluding carboxylic acids is 1. The molecule has 0 atom stereocenters. The fraction of sp³-hybridized carbons (Fsp3) is 0.0714. The Hall–Kier alpha value is -1.32. The summed E-state index contributed by atoms with van der Waals surface area (Å²) in [7, 11) is 0. The van der Waals surface area contributed by atoms with Gasteiger partial charge in [-0.3, -0.25) is 4.79 Å². The minimum Gasteiger partial charge on any atom is -0.399 e. The van der Waals surface area contributed by atoms with E-state index in [4.69, 9.17) is 17.3 Å². The first kappa shape index (κ1) is 13.1. The van der Waals surface area contributed by atoms with Crippen molar-refractivity contribution in [3.63, 3.8) is 0 Å². The minimum atomic E-state index is -0.0798. The zero-order chi connectivity index (χ0) is 13.3. The first-order valence-electron chi connectivity index (χ1n) is 5.35. The number of anilines is 1. The Morgan fingerprint density at radius 2 is 1.94 bits per heavy atom. The Kier molecular flexibility index (Phi) is 3.73. The maximum atomic E-state index is 12.3. The second kappa shape index (κ2) is 5.12. The summed E-state index contributed by atoms with van der Waals surface area (Å²) in [5.41, 5.74) is 8.35. The number of aryl methyl sites for hydroxylation is 1. The third-order valence-corrected chi connectivity index (χ3v) is 3.74. The summed E-state index contributed by atoms with van der Waals surface area (Å²) in [5, 5.41) is 0.590. The van der Waals surface area contributed by atoms with Crippen molar-refractivity contribution in [1.82, 2.24) is 0 Å². The summed E-state index contributed by atoms with van der Waals surface area (Å²) in [6, 6.07) is 10.4. The average molecular weight is 325 g/mol. The van der Waals surface area contributed by atoms with E-state index in [1.54, 1.807) is 30.3 Å². The first-order valence-corrected chi connectivity index (χ1v) is 6.52. The Labute approximate surface area is 119 Å². The lowest BCUT2D eigenvalue weighted by atomic mass is 10.0. The molecule has 0 spiro atoms. The molecule has 0 aromatic heterocycles. The van der Waals surface area contributed by atoms with E-state index in [1.165, 1.54) is 0 Å². The van der Waals surface area contributed by atoms with Gasteiger partial charge in [-0.1, -0.05) is 23.7 Å². The molecule has 0 fully saturated rings. The minimum absolute atomic E-state index is 0.0798. The van der Waals surface area contributed by atoms with Gasteiger partial charge in [-0.05, 0) is 52.7 Å². The van der Waals surface area contributed by atoms with Gasteiger partial charge in [0.15, 0.2) is 5.78 Å². The highest BCUT2D eigenvalue weighted by molar-refractivity contribution is 9.10. The summed E-state index contributed by atoms with van der Waals surface area (Å²) in [6.07, 6.45) is 0. The fourth-order valence-corrected chi connectivity index (χ4v) is 2.36. The van der Waals surface area contributed by atoms with E-state index in [2.05, 4.69) is 15.9 Å². The molecule has 2 rings (SSSR count). The predicted octanol–water partition coefficient (Wildman–Crippen LogP) is 4.22. The number of hydrogen-bond acceptors (Lipinski definition) is 2. The van der Waals surface area contributed by atoms with Gasteiger partial charge >= 0.3 is 0 Å². The zero-order valence-corrected chi connectivity index (χ0v) is 12.0. The molecule has 18 heavy (non-hydrogen) atoms. The van der Waals surface area contributed by atoms with Crippen LogP contribution in [0.5, 0.6) is 0 Å². The van der Waals surface area contributed by atoms with E-state index < -0.39 is 0 Å². The molecule has 2 aromatic carbocycles. The van der Waals surface area contributed by atoms with Gasteiger partial charge in [0.25, 0.3) is 0 Å². The van der Waals surface area contributed by atoms with Crippen LogP contribution in [0.25, 0.3) is 0 Å². The summed E-state index contributed by atoms with van der Waals surface area (Å²) >= 11 is 9.37. The molecule has 0 amide bonds. The molecule has 0 unspecified atom stereocenters. The number of nitrogens with two attached hydrogens (primary N) is 1. The predicted molar refractivity (Wildman–Crippen MR) is 78.2 cm³/mol. The van der Waals surface area contributed by atoms with Crippen molar-refractivity contribution >= 4 is 39.0 Å². The van der Waals surface area contributed by atoms with Crippen molar-refractivity contribution in [1.29, 1.82) is 0 Å². The van der Waals surface area contributed by atoms with Gasteiger partial charge < -0.3 is 5.73 Å². The van der Waals surface area contributed by atoms with E-state index in [9.17, 15) is 4.79 Å². The van der Waals surface area contributed by atoms with Crippen molar-refractivity contribution in [2.24, 2.45) is 0 Å². The molecule has 0 heterocycles. The van der Waals surface area contributed by atoms with Crippen molar-refractivity contribution in [3.8, 4) is 0 Å². The molecule has 0 aliphatic heterocycles. The smallest absolute Gasteiger partial charge is 0.194 e. The summed E-state index contributed by atoms with van der Waals surface area (Å²) in [6.45, 7) is 1.90. The van der Waals surface area contributed by atoms with Crippen LogP contribution >= 0.6 is 27.5 Å². The number of benzene rings is 2. The van der Waals surface area contributed by atoms with Crippen LogP contribution in [0.3, 0.4) is 0 Å². The van der Waals surface area contributed by atoms with Crippen LogP contribution in [0, 0.1) is 6.92 Å². The maximum Gasteiger partial charge on any atom is 0.194 e. The van der Waals surface area contributed by atoms with Crippen LogP contribution < -0.4 is 5.73 Å². The number of carbonyl (C=O) groups is 1. The van der Waals surface area contributed by atoms with Crippen LogP contribution in [-0.2, 0) is 0 Å². The van der Waals surface area contributed by atoms with Crippen LogP contribution in [0.15, 0.2) is 40.9 Å². The lowest BCUT2D eigenvalue weighted by Crippen LogP contribution is -2.03. The van der Waals surface area contributed by atoms with E-state index in [0.717, 1.165) is 5.56 Å². The Balaban J connectivity index is 2.44. The molecule has 0 radical (unpaired) electrons. The number of ketones is 1. The van der Waals surface area contributed by atoms with Crippen LogP contribution in [0.1, 0.15) is 21.5 Å². The molecule has 92 valence electrons.